The second-order valence-electron chi connectivity index (χ2n) is 6.15. The number of carbonyl (C=O) groups is 1. The molecule has 0 radical (unpaired) electrons. The van der Waals surface area contributed by atoms with Gasteiger partial charge in [-0.2, -0.15) is 0 Å². The molecular formula is C22H16ClN3O2S. The van der Waals surface area contributed by atoms with Crippen LogP contribution in [0.3, 0.4) is 0 Å². The second kappa shape index (κ2) is 8.43. The zero-order valence-electron chi connectivity index (χ0n) is 15.4. The summed E-state index contributed by atoms with van der Waals surface area (Å²) in [6.07, 6.45) is 3.49. The minimum Gasteiger partial charge on any atom is -0.496 e. The fourth-order valence-electron chi connectivity index (χ4n) is 2.85. The quantitative estimate of drug-likeness (QED) is 0.443. The van der Waals surface area contributed by atoms with Gasteiger partial charge in [-0.25, -0.2) is 4.98 Å². The number of hydrogen-bond acceptors (Lipinski definition) is 5. The van der Waals surface area contributed by atoms with E-state index in [1.54, 1.807) is 41.9 Å². The van der Waals surface area contributed by atoms with Crippen LogP contribution in [-0.2, 0) is 0 Å². The van der Waals surface area contributed by atoms with Crippen LogP contribution in [0.2, 0.25) is 5.02 Å². The molecule has 5 nitrogen and oxygen atoms in total. The van der Waals surface area contributed by atoms with Gasteiger partial charge in [-0.1, -0.05) is 23.7 Å². The van der Waals surface area contributed by atoms with Crippen molar-refractivity contribution in [3.63, 3.8) is 0 Å². The van der Waals surface area contributed by atoms with E-state index in [1.807, 2.05) is 41.8 Å². The first-order chi connectivity index (χ1) is 14.1. The van der Waals surface area contributed by atoms with E-state index in [-0.39, 0.29) is 5.91 Å². The van der Waals surface area contributed by atoms with Crippen molar-refractivity contribution in [1.29, 1.82) is 0 Å². The number of methoxy groups -OCH3 is 1. The molecule has 7 heteroatoms. The van der Waals surface area contributed by atoms with Crippen molar-refractivity contribution in [2.24, 2.45) is 0 Å². The maximum Gasteiger partial charge on any atom is 0.259 e. The largest absolute Gasteiger partial charge is 0.496 e. The van der Waals surface area contributed by atoms with E-state index in [9.17, 15) is 4.79 Å². The standard InChI is InChI=1S/C22H16ClN3O2S/c1-28-20-6-5-16(23)12-18(20)21(27)25-17-4-2-3-15(11-17)19-13-29-22(26-19)14-7-9-24-10-8-14/h2-13H,1H3,(H,25,27). The number of anilines is 1. The first-order valence-electron chi connectivity index (χ1n) is 8.75. The molecule has 0 atom stereocenters. The average Bonchev–Trinajstić information content (AvgIpc) is 3.25. The predicted octanol–water partition coefficient (Wildman–Crippen LogP) is 5.79. The van der Waals surface area contributed by atoms with Crippen molar-refractivity contribution >= 4 is 34.5 Å². The van der Waals surface area contributed by atoms with Gasteiger partial charge in [0.2, 0.25) is 0 Å². The maximum atomic E-state index is 12.7. The van der Waals surface area contributed by atoms with Gasteiger partial charge in [0.15, 0.2) is 0 Å². The molecule has 1 amide bonds. The zero-order valence-corrected chi connectivity index (χ0v) is 17.0. The summed E-state index contributed by atoms with van der Waals surface area (Å²) in [6, 6.07) is 16.3. The number of thiazole rings is 1. The van der Waals surface area contributed by atoms with Crippen LogP contribution in [0.25, 0.3) is 21.8 Å². The Labute approximate surface area is 177 Å². The summed E-state index contributed by atoms with van der Waals surface area (Å²) < 4.78 is 5.26. The van der Waals surface area contributed by atoms with Gasteiger partial charge in [0.05, 0.1) is 18.4 Å². The number of pyridine rings is 1. The number of hydrogen-bond donors (Lipinski definition) is 1. The van der Waals surface area contributed by atoms with Crippen molar-refractivity contribution in [2.45, 2.75) is 0 Å². The number of ether oxygens (including phenoxy) is 1. The normalized spacial score (nSPS) is 10.6. The Kier molecular flexibility index (Phi) is 5.55. The highest BCUT2D eigenvalue weighted by molar-refractivity contribution is 7.13. The van der Waals surface area contributed by atoms with Crippen molar-refractivity contribution in [3.05, 3.63) is 83.0 Å². The third kappa shape index (κ3) is 4.29. The smallest absolute Gasteiger partial charge is 0.259 e. The van der Waals surface area contributed by atoms with Crippen LogP contribution in [-0.4, -0.2) is 23.0 Å². The van der Waals surface area contributed by atoms with E-state index in [2.05, 4.69) is 10.3 Å². The first kappa shape index (κ1) is 19.1. The Hall–Kier alpha value is -3.22. The summed E-state index contributed by atoms with van der Waals surface area (Å²) in [4.78, 5) is 21.5. The number of halogens is 1. The van der Waals surface area contributed by atoms with Crippen molar-refractivity contribution in [1.82, 2.24) is 9.97 Å². The average molecular weight is 422 g/mol. The number of nitrogens with zero attached hydrogens (tertiary/aromatic N) is 2. The fraction of sp³-hybridized carbons (Fsp3) is 0.0455. The molecule has 0 bridgehead atoms. The van der Waals surface area contributed by atoms with Crippen LogP contribution in [0.4, 0.5) is 5.69 Å². The maximum absolute atomic E-state index is 12.7. The monoisotopic (exact) mass is 421 g/mol. The number of rotatable bonds is 5. The van der Waals surface area contributed by atoms with E-state index >= 15 is 0 Å². The Morgan fingerprint density at radius 2 is 1.90 bits per heavy atom. The fourth-order valence-corrected chi connectivity index (χ4v) is 3.85. The lowest BCUT2D eigenvalue weighted by molar-refractivity contribution is 0.102. The summed E-state index contributed by atoms with van der Waals surface area (Å²) in [5.74, 6) is 0.168. The molecule has 0 aliphatic rings. The summed E-state index contributed by atoms with van der Waals surface area (Å²) in [7, 11) is 1.52. The number of nitrogens with one attached hydrogen (secondary N) is 1. The predicted molar refractivity (Wildman–Crippen MR) is 117 cm³/mol. The van der Waals surface area contributed by atoms with Crippen LogP contribution >= 0.6 is 22.9 Å². The Balaban J connectivity index is 1.58. The number of carbonyl (C=O) groups excluding carboxylic acids is 1. The number of benzene rings is 2. The molecule has 0 aliphatic carbocycles. The number of amides is 1. The number of aromatic nitrogens is 2. The lowest BCUT2D eigenvalue weighted by Gasteiger charge is -2.10. The van der Waals surface area contributed by atoms with E-state index in [1.165, 1.54) is 7.11 Å². The molecule has 144 valence electrons. The van der Waals surface area contributed by atoms with Crippen molar-refractivity contribution in [3.8, 4) is 27.6 Å². The summed E-state index contributed by atoms with van der Waals surface area (Å²) >= 11 is 7.60. The molecule has 0 unspecified atom stereocenters. The lowest BCUT2D eigenvalue weighted by atomic mass is 10.1. The molecule has 2 aromatic carbocycles. The lowest BCUT2D eigenvalue weighted by Crippen LogP contribution is -2.13. The van der Waals surface area contributed by atoms with Crippen molar-refractivity contribution < 1.29 is 9.53 Å². The third-order valence-corrected chi connectivity index (χ3v) is 5.38. The minimum atomic E-state index is -0.294. The van der Waals surface area contributed by atoms with Crippen LogP contribution in [0.5, 0.6) is 5.75 Å². The van der Waals surface area contributed by atoms with Gasteiger partial charge in [-0.3, -0.25) is 9.78 Å². The molecule has 0 spiro atoms. The van der Waals surface area contributed by atoms with Gasteiger partial charge in [-0.05, 0) is 42.5 Å². The van der Waals surface area contributed by atoms with Crippen LogP contribution in [0.15, 0.2) is 72.4 Å². The molecule has 0 saturated heterocycles. The Morgan fingerprint density at radius 1 is 1.07 bits per heavy atom. The second-order valence-corrected chi connectivity index (χ2v) is 7.45. The molecule has 4 aromatic rings. The highest BCUT2D eigenvalue weighted by Gasteiger charge is 2.14. The van der Waals surface area contributed by atoms with E-state index in [0.717, 1.165) is 21.8 Å². The first-order valence-corrected chi connectivity index (χ1v) is 10.0. The minimum absolute atomic E-state index is 0.294. The van der Waals surface area contributed by atoms with Gasteiger partial charge >= 0.3 is 0 Å². The van der Waals surface area contributed by atoms with E-state index in [4.69, 9.17) is 21.3 Å². The van der Waals surface area contributed by atoms with Gasteiger partial charge in [0.25, 0.3) is 5.91 Å². The van der Waals surface area contributed by atoms with E-state index < -0.39 is 0 Å². The van der Waals surface area contributed by atoms with Gasteiger partial charge in [-0.15, -0.1) is 11.3 Å². The molecular weight excluding hydrogens is 406 g/mol. The molecule has 1 N–H and O–H groups in total. The van der Waals surface area contributed by atoms with Crippen LogP contribution < -0.4 is 10.1 Å². The molecule has 2 heterocycles. The Bertz CT molecular complexity index is 1160. The molecule has 4 rings (SSSR count). The third-order valence-electron chi connectivity index (χ3n) is 4.25. The zero-order chi connectivity index (χ0) is 20.2. The molecule has 29 heavy (non-hydrogen) atoms. The topological polar surface area (TPSA) is 64.1 Å². The SMILES string of the molecule is COc1ccc(Cl)cc1C(=O)Nc1cccc(-c2csc(-c3ccncc3)n2)c1. The molecule has 0 saturated carbocycles. The van der Waals surface area contributed by atoms with Gasteiger partial charge in [0, 0.05) is 39.6 Å². The van der Waals surface area contributed by atoms with Crippen LogP contribution in [0, 0.1) is 0 Å². The molecule has 0 aliphatic heterocycles. The highest BCUT2D eigenvalue weighted by Crippen LogP contribution is 2.30. The highest BCUT2D eigenvalue weighted by atomic mass is 35.5. The summed E-state index contributed by atoms with van der Waals surface area (Å²) in [5.41, 5.74) is 3.82. The van der Waals surface area contributed by atoms with Crippen molar-refractivity contribution in [2.75, 3.05) is 12.4 Å². The Morgan fingerprint density at radius 3 is 2.69 bits per heavy atom. The van der Waals surface area contributed by atoms with Gasteiger partial charge < -0.3 is 10.1 Å². The summed E-state index contributed by atoms with van der Waals surface area (Å²) in [5, 5.41) is 6.28. The van der Waals surface area contributed by atoms with Crippen LogP contribution in [0.1, 0.15) is 10.4 Å². The molecule has 2 aromatic heterocycles. The molecule has 0 fully saturated rings. The van der Waals surface area contributed by atoms with Gasteiger partial charge in [0.1, 0.15) is 10.8 Å². The van der Waals surface area contributed by atoms with E-state index in [0.29, 0.717) is 22.0 Å². The summed E-state index contributed by atoms with van der Waals surface area (Å²) in [6.45, 7) is 0.